The summed E-state index contributed by atoms with van der Waals surface area (Å²) < 4.78 is 8.68. The maximum atomic E-state index is 5.36. The first-order valence-corrected chi connectivity index (χ1v) is 7.53. The van der Waals surface area contributed by atoms with Crippen LogP contribution in [-0.4, -0.2) is 47.3 Å². The first-order valence-electron chi connectivity index (χ1n) is 6.73. The number of hydrogen-bond donors (Lipinski definition) is 0. The Morgan fingerprint density at radius 3 is 2.89 bits per heavy atom. The zero-order valence-corrected chi connectivity index (χ0v) is 12.5. The van der Waals surface area contributed by atoms with Crippen LogP contribution in [0, 0.1) is 0 Å². The van der Waals surface area contributed by atoms with Crippen molar-refractivity contribution in [3.63, 3.8) is 0 Å². The van der Waals surface area contributed by atoms with E-state index in [1.165, 1.54) is 5.52 Å². The molecule has 0 bridgehead atoms. The Balaban J connectivity index is 1.59. The lowest BCUT2D eigenvalue weighted by atomic mass is 10.3. The van der Waals surface area contributed by atoms with E-state index in [0.29, 0.717) is 0 Å². The summed E-state index contributed by atoms with van der Waals surface area (Å²) in [5, 5.41) is 0. The molecular weight excluding hydrogens is 306 g/mol. The molecule has 5 heteroatoms. The minimum absolute atomic E-state index is 0.877. The predicted molar refractivity (Wildman–Crippen MR) is 79.3 cm³/mol. The minimum Gasteiger partial charge on any atom is -0.379 e. The molecule has 1 aromatic heterocycles. The van der Waals surface area contributed by atoms with Gasteiger partial charge in [0, 0.05) is 30.7 Å². The van der Waals surface area contributed by atoms with Crippen molar-refractivity contribution >= 4 is 27.0 Å². The predicted octanol–water partition coefficient (Wildman–Crippen LogP) is 2.52. The van der Waals surface area contributed by atoms with Gasteiger partial charge in [-0.15, -0.1) is 0 Å². The number of aryl methyl sites for hydroxylation is 1. The van der Waals surface area contributed by atoms with Crippen molar-refractivity contribution in [1.29, 1.82) is 0 Å². The van der Waals surface area contributed by atoms with Crippen molar-refractivity contribution in [3.05, 3.63) is 29.0 Å². The lowest BCUT2D eigenvalue weighted by Crippen LogP contribution is -2.37. The van der Waals surface area contributed by atoms with Crippen molar-refractivity contribution in [1.82, 2.24) is 14.5 Å². The van der Waals surface area contributed by atoms with Crippen LogP contribution < -0.4 is 0 Å². The van der Waals surface area contributed by atoms with Crippen LogP contribution in [0.15, 0.2) is 29.0 Å². The van der Waals surface area contributed by atoms with E-state index in [4.69, 9.17) is 4.74 Å². The molecule has 0 amide bonds. The number of fused-ring (bicyclic) bond motifs is 1. The molecule has 0 saturated carbocycles. The molecule has 0 unspecified atom stereocenters. The highest BCUT2D eigenvalue weighted by atomic mass is 79.9. The summed E-state index contributed by atoms with van der Waals surface area (Å²) in [6, 6.07) is 6.26. The van der Waals surface area contributed by atoms with Crippen molar-refractivity contribution < 1.29 is 4.74 Å². The number of morpholine rings is 1. The van der Waals surface area contributed by atoms with Crippen LogP contribution in [0.1, 0.15) is 6.42 Å². The molecule has 19 heavy (non-hydrogen) atoms. The summed E-state index contributed by atoms with van der Waals surface area (Å²) >= 11 is 3.48. The maximum absolute atomic E-state index is 5.36. The molecule has 3 rings (SSSR count). The number of halogens is 1. The average Bonchev–Trinajstić information content (AvgIpc) is 2.82. The van der Waals surface area contributed by atoms with E-state index >= 15 is 0 Å². The van der Waals surface area contributed by atoms with E-state index in [2.05, 4.69) is 48.6 Å². The van der Waals surface area contributed by atoms with Gasteiger partial charge in [-0.25, -0.2) is 4.98 Å². The van der Waals surface area contributed by atoms with E-state index in [0.717, 1.165) is 55.8 Å². The summed E-state index contributed by atoms with van der Waals surface area (Å²) in [6.07, 6.45) is 3.10. The highest BCUT2D eigenvalue weighted by Crippen LogP contribution is 2.18. The normalized spacial score (nSPS) is 17.1. The van der Waals surface area contributed by atoms with Crippen LogP contribution in [0.2, 0.25) is 0 Å². The van der Waals surface area contributed by atoms with Gasteiger partial charge in [0.15, 0.2) is 0 Å². The van der Waals surface area contributed by atoms with Crippen molar-refractivity contribution in [2.45, 2.75) is 13.0 Å². The third kappa shape index (κ3) is 3.16. The Bertz CT molecular complexity index is 549. The number of rotatable bonds is 4. The van der Waals surface area contributed by atoms with Gasteiger partial charge in [-0.3, -0.25) is 4.90 Å². The van der Waals surface area contributed by atoms with Gasteiger partial charge >= 0.3 is 0 Å². The third-order valence-electron chi connectivity index (χ3n) is 3.56. The van der Waals surface area contributed by atoms with Gasteiger partial charge in [-0.1, -0.05) is 15.9 Å². The van der Waals surface area contributed by atoms with Crippen molar-refractivity contribution in [3.8, 4) is 0 Å². The average molecular weight is 324 g/mol. The van der Waals surface area contributed by atoms with Gasteiger partial charge in [0.25, 0.3) is 0 Å². The number of aromatic nitrogens is 2. The summed E-state index contributed by atoms with van der Waals surface area (Å²) in [7, 11) is 0. The van der Waals surface area contributed by atoms with Gasteiger partial charge in [-0.05, 0) is 24.6 Å². The van der Waals surface area contributed by atoms with Crippen LogP contribution in [0.5, 0.6) is 0 Å². The molecule has 1 saturated heterocycles. The maximum Gasteiger partial charge on any atom is 0.0958 e. The fourth-order valence-corrected chi connectivity index (χ4v) is 2.85. The van der Waals surface area contributed by atoms with E-state index < -0.39 is 0 Å². The first-order chi connectivity index (χ1) is 9.33. The van der Waals surface area contributed by atoms with Crippen molar-refractivity contribution in [2.24, 2.45) is 0 Å². The fourth-order valence-electron chi connectivity index (χ4n) is 2.50. The zero-order chi connectivity index (χ0) is 13.1. The Labute approximate surface area is 121 Å². The Morgan fingerprint density at radius 1 is 1.21 bits per heavy atom. The molecule has 0 spiro atoms. The lowest BCUT2D eigenvalue weighted by Gasteiger charge is -2.26. The number of benzene rings is 1. The van der Waals surface area contributed by atoms with Gasteiger partial charge in [0.2, 0.25) is 0 Å². The molecule has 0 atom stereocenters. The molecule has 1 aliphatic rings. The molecular formula is C14H18BrN3O. The van der Waals surface area contributed by atoms with Crippen LogP contribution in [0.4, 0.5) is 0 Å². The third-order valence-corrected chi connectivity index (χ3v) is 4.05. The van der Waals surface area contributed by atoms with Gasteiger partial charge < -0.3 is 9.30 Å². The molecule has 1 aromatic carbocycles. The van der Waals surface area contributed by atoms with E-state index in [1.807, 2.05) is 6.33 Å². The lowest BCUT2D eigenvalue weighted by molar-refractivity contribution is 0.0369. The molecule has 102 valence electrons. The van der Waals surface area contributed by atoms with Gasteiger partial charge in [-0.2, -0.15) is 0 Å². The van der Waals surface area contributed by atoms with Crippen LogP contribution in [0.25, 0.3) is 11.0 Å². The van der Waals surface area contributed by atoms with Gasteiger partial charge in [0.05, 0.1) is 30.6 Å². The molecule has 2 heterocycles. The summed E-state index contributed by atoms with van der Waals surface area (Å²) in [5.74, 6) is 0. The highest BCUT2D eigenvalue weighted by Gasteiger charge is 2.10. The van der Waals surface area contributed by atoms with E-state index in [1.54, 1.807) is 0 Å². The molecule has 2 aromatic rings. The first kappa shape index (κ1) is 13.1. The SMILES string of the molecule is Brc1ccc2c(c1)ncn2CCCN1CCOCC1. The molecule has 0 aliphatic carbocycles. The molecule has 1 aliphatic heterocycles. The highest BCUT2D eigenvalue weighted by molar-refractivity contribution is 9.10. The molecule has 0 radical (unpaired) electrons. The summed E-state index contributed by atoms with van der Waals surface area (Å²) in [5.41, 5.74) is 2.27. The second-order valence-electron chi connectivity index (χ2n) is 4.88. The fraction of sp³-hybridized carbons (Fsp3) is 0.500. The Morgan fingerprint density at radius 2 is 2.05 bits per heavy atom. The summed E-state index contributed by atoms with van der Waals surface area (Å²) in [6.45, 7) is 6.05. The largest absolute Gasteiger partial charge is 0.379 e. The standard InChI is InChI=1S/C14H18BrN3O/c15-12-2-3-14-13(10-12)16-11-18(14)5-1-4-17-6-8-19-9-7-17/h2-3,10-11H,1,4-9H2. The van der Waals surface area contributed by atoms with E-state index in [9.17, 15) is 0 Å². The quantitative estimate of drug-likeness (QED) is 0.866. The number of imidazole rings is 1. The Kier molecular flexibility index (Phi) is 4.15. The second kappa shape index (κ2) is 6.03. The topological polar surface area (TPSA) is 30.3 Å². The van der Waals surface area contributed by atoms with Crippen LogP contribution in [0.3, 0.4) is 0 Å². The Hall–Kier alpha value is -0.910. The molecule has 4 nitrogen and oxygen atoms in total. The second-order valence-corrected chi connectivity index (χ2v) is 5.79. The minimum atomic E-state index is 0.877. The summed E-state index contributed by atoms with van der Waals surface area (Å²) in [4.78, 5) is 6.92. The van der Waals surface area contributed by atoms with Crippen LogP contribution >= 0.6 is 15.9 Å². The zero-order valence-electron chi connectivity index (χ0n) is 10.9. The monoisotopic (exact) mass is 323 g/mol. The number of ether oxygens (including phenoxy) is 1. The molecule has 0 N–H and O–H groups in total. The van der Waals surface area contributed by atoms with Crippen molar-refractivity contribution in [2.75, 3.05) is 32.8 Å². The smallest absolute Gasteiger partial charge is 0.0958 e. The number of nitrogens with zero attached hydrogens (tertiary/aromatic N) is 3. The molecule has 1 fully saturated rings. The van der Waals surface area contributed by atoms with E-state index in [-0.39, 0.29) is 0 Å². The van der Waals surface area contributed by atoms with Crippen LogP contribution in [-0.2, 0) is 11.3 Å². The number of hydrogen-bond acceptors (Lipinski definition) is 3. The van der Waals surface area contributed by atoms with Gasteiger partial charge in [0.1, 0.15) is 0 Å².